The number of thiocarbonyl (C=S) groups is 1. The zero-order chi connectivity index (χ0) is 15.2. The molecule has 0 saturated carbocycles. The summed E-state index contributed by atoms with van der Waals surface area (Å²) in [6, 6.07) is 6.81. The van der Waals surface area contributed by atoms with Gasteiger partial charge in [-0.3, -0.25) is 4.90 Å². The number of hydrogen-bond donors (Lipinski definition) is 1. The molecule has 1 saturated heterocycles. The van der Waals surface area contributed by atoms with Crippen molar-refractivity contribution >= 4 is 35.3 Å². The van der Waals surface area contributed by atoms with Gasteiger partial charge < -0.3 is 5.32 Å². The molecule has 22 heavy (non-hydrogen) atoms. The molecule has 1 atom stereocenters. The molecule has 1 N–H and O–H groups in total. The molecule has 1 aliphatic heterocycles. The Morgan fingerprint density at radius 2 is 1.95 bits per heavy atom. The maximum absolute atomic E-state index is 5.75. The van der Waals surface area contributed by atoms with Crippen LogP contribution in [-0.4, -0.2) is 29.0 Å². The first-order valence-corrected chi connectivity index (χ1v) is 8.65. The van der Waals surface area contributed by atoms with Gasteiger partial charge in [0.25, 0.3) is 0 Å². The van der Waals surface area contributed by atoms with Crippen molar-refractivity contribution in [2.45, 2.75) is 58.9 Å². The van der Waals surface area contributed by atoms with Crippen molar-refractivity contribution in [1.29, 1.82) is 0 Å². The number of aryl methyl sites for hydroxylation is 2. The number of rotatable bonds is 5. The zero-order valence-corrected chi connectivity index (χ0v) is 15.7. The topological polar surface area (TPSA) is 15.3 Å². The fraction of sp³-hybridized carbons (Fsp3) is 0.611. The van der Waals surface area contributed by atoms with E-state index in [1.54, 1.807) is 0 Å². The summed E-state index contributed by atoms with van der Waals surface area (Å²) in [5.74, 6) is 0. The van der Waals surface area contributed by atoms with Crippen LogP contribution in [0.2, 0.25) is 0 Å². The Bertz CT molecular complexity index is 470. The molecule has 1 aromatic carbocycles. The third kappa shape index (κ3) is 4.94. The number of hydrogen-bond acceptors (Lipinski definition) is 2. The second-order valence-corrected chi connectivity index (χ2v) is 6.60. The lowest BCUT2D eigenvalue weighted by Gasteiger charge is -2.36. The normalized spacial score (nSPS) is 18.6. The number of nitrogens with one attached hydrogen (secondary N) is 1. The minimum atomic E-state index is 0. The van der Waals surface area contributed by atoms with Gasteiger partial charge in [-0.05, 0) is 57.3 Å². The highest BCUT2D eigenvalue weighted by Crippen LogP contribution is 2.24. The number of para-hydroxylation sites is 1. The zero-order valence-electron chi connectivity index (χ0n) is 14.0. The predicted molar refractivity (Wildman–Crippen MR) is 104 cm³/mol. The second-order valence-electron chi connectivity index (χ2n) is 6.16. The maximum atomic E-state index is 5.75. The number of piperidine rings is 1. The van der Waals surface area contributed by atoms with Crippen LogP contribution in [0.25, 0.3) is 0 Å². The maximum Gasteiger partial charge on any atom is 0.0972 e. The van der Waals surface area contributed by atoms with Gasteiger partial charge in [-0.1, -0.05) is 50.2 Å². The number of likely N-dealkylation sites (tertiary alicyclic amines) is 1. The summed E-state index contributed by atoms with van der Waals surface area (Å²) in [7, 11) is 0. The standard InChI is InChI=1S/C18H28N2S.ClH/c1-4-5-12-20-13-7-6-11-16(20)18(21)19-17-14(2)9-8-10-15(17)3;/h8-10,16H,4-7,11-13H2,1-3H3,(H,19,21);1H/t16-;/m0./s1. The van der Waals surface area contributed by atoms with Crippen molar-refractivity contribution in [2.75, 3.05) is 18.4 Å². The summed E-state index contributed by atoms with van der Waals surface area (Å²) in [6.07, 6.45) is 6.32. The summed E-state index contributed by atoms with van der Waals surface area (Å²) in [4.78, 5) is 3.58. The number of anilines is 1. The lowest BCUT2D eigenvalue weighted by Crippen LogP contribution is -2.46. The first-order valence-electron chi connectivity index (χ1n) is 8.24. The van der Waals surface area contributed by atoms with Gasteiger partial charge in [0.1, 0.15) is 0 Å². The molecule has 0 aromatic heterocycles. The summed E-state index contributed by atoms with van der Waals surface area (Å²) in [5.41, 5.74) is 3.74. The van der Waals surface area contributed by atoms with E-state index < -0.39 is 0 Å². The first-order chi connectivity index (χ1) is 10.1. The van der Waals surface area contributed by atoms with Crippen LogP contribution in [-0.2, 0) is 0 Å². The second kappa shape index (κ2) is 9.49. The van der Waals surface area contributed by atoms with Crippen LogP contribution >= 0.6 is 24.6 Å². The third-order valence-electron chi connectivity index (χ3n) is 4.44. The smallest absolute Gasteiger partial charge is 0.0972 e. The van der Waals surface area contributed by atoms with E-state index in [4.69, 9.17) is 12.2 Å². The highest BCUT2D eigenvalue weighted by atomic mass is 35.5. The summed E-state index contributed by atoms with van der Waals surface area (Å²) >= 11 is 5.75. The van der Waals surface area contributed by atoms with Crippen molar-refractivity contribution in [3.05, 3.63) is 29.3 Å². The van der Waals surface area contributed by atoms with Crippen LogP contribution in [0.5, 0.6) is 0 Å². The molecule has 1 aromatic rings. The number of benzene rings is 1. The van der Waals surface area contributed by atoms with Gasteiger partial charge in [-0.2, -0.15) is 0 Å². The largest absolute Gasteiger partial charge is 0.348 e. The summed E-state index contributed by atoms with van der Waals surface area (Å²) < 4.78 is 0. The lowest BCUT2D eigenvalue weighted by atomic mass is 10.0. The minimum Gasteiger partial charge on any atom is -0.348 e. The Morgan fingerprint density at radius 1 is 1.27 bits per heavy atom. The molecule has 1 heterocycles. The van der Waals surface area contributed by atoms with Gasteiger partial charge in [0, 0.05) is 5.69 Å². The number of halogens is 1. The van der Waals surface area contributed by atoms with E-state index in [2.05, 4.69) is 49.2 Å². The first kappa shape index (κ1) is 19.4. The highest BCUT2D eigenvalue weighted by Gasteiger charge is 2.25. The number of nitrogens with zero attached hydrogens (tertiary/aromatic N) is 1. The molecule has 4 heteroatoms. The van der Waals surface area contributed by atoms with E-state index >= 15 is 0 Å². The summed E-state index contributed by atoms with van der Waals surface area (Å²) in [5, 5.41) is 3.54. The van der Waals surface area contributed by atoms with Crippen LogP contribution in [0.1, 0.15) is 50.2 Å². The van der Waals surface area contributed by atoms with Crippen LogP contribution in [0.3, 0.4) is 0 Å². The van der Waals surface area contributed by atoms with E-state index in [1.165, 1.54) is 62.0 Å². The Kier molecular flexibility index (Phi) is 8.37. The van der Waals surface area contributed by atoms with Crippen molar-refractivity contribution in [3.63, 3.8) is 0 Å². The van der Waals surface area contributed by atoms with Crippen molar-refractivity contribution in [3.8, 4) is 0 Å². The quantitative estimate of drug-likeness (QED) is 0.749. The fourth-order valence-electron chi connectivity index (χ4n) is 3.13. The van der Waals surface area contributed by atoms with Gasteiger partial charge in [-0.15, -0.1) is 12.4 Å². The van der Waals surface area contributed by atoms with Crippen LogP contribution in [0.4, 0.5) is 5.69 Å². The minimum absolute atomic E-state index is 0. The third-order valence-corrected chi connectivity index (χ3v) is 4.82. The van der Waals surface area contributed by atoms with Crippen LogP contribution in [0.15, 0.2) is 18.2 Å². The van der Waals surface area contributed by atoms with Crippen LogP contribution < -0.4 is 5.32 Å². The molecule has 0 unspecified atom stereocenters. The predicted octanol–water partition coefficient (Wildman–Crippen LogP) is 5.12. The Labute approximate surface area is 147 Å². The monoisotopic (exact) mass is 340 g/mol. The molecule has 1 aliphatic rings. The molecule has 124 valence electrons. The average molecular weight is 341 g/mol. The van der Waals surface area contributed by atoms with Gasteiger partial charge in [-0.25, -0.2) is 0 Å². The summed E-state index contributed by atoms with van der Waals surface area (Å²) in [6.45, 7) is 8.92. The van der Waals surface area contributed by atoms with Crippen molar-refractivity contribution in [2.24, 2.45) is 0 Å². The average Bonchev–Trinajstić information content (AvgIpc) is 2.49. The van der Waals surface area contributed by atoms with E-state index in [-0.39, 0.29) is 12.4 Å². The van der Waals surface area contributed by atoms with E-state index in [0.29, 0.717) is 6.04 Å². The molecule has 0 aliphatic carbocycles. The van der Waals surface area contributed by atoms with E-state index in [0.717, 1.165) is 4.99 Å². The number of unbranched alkanes of at least 4 members (excludes halogenated alkanes) is 1. The lowest BCUT2D eigenvalue weighted by molar-refractivity contribution is 0.191. The molecule has 0 bridgehead atoms. The van der Waals surface area contributed by atoms with Crippen LogP contribution in [0, 0.1) is 13.8 Å². The Hall–Kier alpha value is -0.640. The SMILES string of the molecule is CCCCN1CCCC[C@H]1C(=S)Nc1c(C)cccc1C.Cl. The highest BCUT2D eigenvalue weighted by molar-refractivity contribution is 7.80. The Balaban J connectivity index is 0.00000242. The molecular formula is C18H29ClN2S. The van der Waals surface area contributed by atoms with Crippen molar-refractivity contribution in [1.82, 2.24) is 4.90 Å². The Morgan fingerprint density at radius 3 is 2.59 bits per heavy atom. The molecule has 2 rings (SSSR count). The van der Waals surface area contributed by atoms with Gasteiger partial charge in [0.15, 0.2) is 0 Å². The molecule has 1 fully saturated rings. The van der Waals surface area contributed by atoms with Crippen molar-refractivity contribution < 1.29 is 0 Å². The molecule has 0 amide bonds. The van der Waals surface area contributed by atoms with E-state index in [1.807, 2.05) is 0 Å². The van der Waals surface area contributed by atoms with Gasteiger partial charge in [0.2, 0.25) is 0 Å². The van der Waals surface area contributed by atoms with Gasteiger partial charge in [0.05, 0.1) is 11.0 Å². The molecule has 0 spiro atoms. The van der Waals surface area contributed by atoms with E-state index in [9.17, 15) is 0 Å². The molecular weight excluding hydrogens is 312 g/mol. The molecule has 2 nitrogen and oxygen atoms in total. The van der Waals surface area contributed by atoms with Gasteiger partial charge >= 0.3 is 0 Å². The fourth-order valence-corrected chi connectivity index (χ4v) is 3.50. The molecule has 0 radical (unpaired) electrons.